The molecule has 6 nitrogen and oxygen atoms in total. The predicted molar refractivity (Wildman–Crippen MR) is 263 cm³/mol. The van der Waals surface area contributed by atoms with Gasteiger partial charge in [0.2, 0.25) is 0 Å². The maximum absolute atomic E-state index is 12.1. The molecule has 2 aliphatic rings. The van der Waals surface area contributed by atoms with Gasteiger partial charge in [-0.3, -0.25) is 0 Å². The topological polar surface area (TPSA) is 77.4 Å². The number of aliphatic hydroxyl groups excluding tert-OH is 2. The number of rotatable bonds is 20. The number of benzene rings is 4. The molecule has 0 aromatic heterocycles. The summed E-state index contributed by atoms with van der Waals surface area (Å²) in [4.78, 5) is 2.48. The average molecular weight is 887 g/mol. The molecule has 2 aliphatic heterocycles. The number of hydrogen-bond donors (Lipinski definition) is 2. The van der Waals surface area contributed by atoms with Gasteiger partial charge < -0.3 is 29.2 Å². The lowest BCUT2D eigenvalue weighted by atomic mass is 9.69. The van der Waals surface area contributed by atoms with Crippen LogP contribution >= 0.6 is 23.5 Å². The fourth-order valence-corrected chi connectivity index (χ4v) is 11.7. The number of hydrogen-bond acceptors (Lipinski definition) is 8. The Hall–Kier alpha value is -2.98. The first kappa shape index (κ1) is 51.7. The van der Waals surface area contributed by atoms with Gasteiger partial charge in [0.05, 0.1) is 38.6 Å². The summed E-state index contributed by atoms with van der Waals surface area (Å²) in [5, 5.41) is 23.6. The van der Waals surface area contributed by atoms with E-state index in [9.17, 15) is 10.2 Å². The predicted octanol–water partition coefficient (Wildman–Crippen LogP) is 13.5. The van der Waals surface area contributed by atoms with Gasteiger partial charge in [0.15, 0.2) is 0 Å². The van der Waals surface area contributed by atoms with E-state index in [1.807, 2.05) is 73.8 Å². The van der Waals surface area contributed by atoms with Crippen molar-refractivity contribution in [3.63, 3.8) is 0 Å². The molecule has 0 radical (unpaired) electrons. The van der Waals surface area contributed by atoms with Gasteiger partial charge in [-0.2, -0.15) is 0 Å². The molecule has 2 heterocycles. The van der Waals surface area contributed by atoms with E-state index in [-0.39, 0.29) is 28.8 Å². The van der Waals surface area contributed by atoms with Crippen molar-refractivity contribution in [2.75, 3.05) is 51.1 Å². The van der Waals surface area contributed by atoms with Gasteiger partial charge in [-0.15, -0.1) is 23.5 Å². The molecule has 8 heteroatoms. The maximum Gasteiger partial charge on any atom is 0.119 e. The van der Waals surface area contributed by atoms with Crippen LogP contribution in [0.5, 0.6) is 11.5 Å². The van der Waals surface area contributed by atoms with Crippen LogP contribution in [0.2, 0.25) is 0 Å². The first-order valence-electron chi connectivity index (χ1n) is 23.6. The summed E-state index contributed by atoms with van der Waals surface area (Å²) >= 11 is 3.76. The zero-order valence-electron chi connectivity index (χ0n) is 39.2. The summed E-state index contributed by atoms with van der Waals surface area (Å²) in [5.41, 5.74) is 4.62. The first-order chi connectivity index (χ1) is 30.2. The lowest BCUT2D eigenvalue weighted by molar-refractivity contribution is 0.0133. The third kappa shape index (κ3) is 14.3. The number of unbranched alkanes of at least 4 members (excludes halogenated alkanes) is 2. The van der Waals surface area contributed by atoms with E-state index in [0.717, 1.165) is 85.5 Å². The minimum atomic E-state index is -0.477. The lowest BCUT2D eigenvalue weighted by Crippen LogP contribution is -2.40. The van der Waals surface area contributed by atoms with Gasteiger partial charge in [0, 0.05) is 44.0 Å². The average Bonchev–Trinajstić information content (AvgIpc) is 3.50. The summed E-state index contributed by atoms with van der Waals surface area (Å²) in [5.74, 6) is 3.44. The monoisotopic (exact) mass is 887 g/mol. The molecule has 4 aromatic carbocycles. The minimum Gasteiger partial charge on any atom is -0.491 e. The van der Waals surface area contributed by atoms with Crippen LogP contribution in [0.15, 0.2) is 107 Å². The minimum absolute atomic E-state index is 0.0468. The van der Waals surface area contributed by atoms with Crippen LogP contribution < -0.4 is 9.47 Å². The number of ether oxygens (including phenoxy) is 4. The van der Waals surface area contributed by atoms with E-state index >= 15 is 0 Å². The van der Waals surface area contributed by atoms with E-state index in [2.05, 4.69) is 102 Å². The summed E-state index contributed by atoms with van der Waals surface area (Å²) in [7, 11) is 0. The van der Waals surface area contributed by atoms with E-state index in [1.165, 1.54) is 20.9 Å². The Morgan fingerprint density at radius 3 is 1.50 bits per heavy atom. The molecule has 0 fully saturated rings. The van der Waals surface area contributed by atoms with E-state index in [4.69, 9.17) is 18.9 Å². The first-order valence-corrected chi connectivity index (χ1v) is 25.5. The molecule has 2 N–H and O–H groups in total. The summed E-state index contributed by atoms with van der Waals surface area (Å²) in [6.45, 7) is 19.9. The van der Waals surface area contributed by atoms with E-state index in [1.54, 1.807) is 0 Å². The quantitative estimate of drug-likeness (QED) is 0.0850. The van der Waals surface area contributed by atoms with Crippen LogP contribution in [0, 0.1) is 17.8 Å². The van der Waals surface area contributed by atoms with Crippen molar-refractivity contribution in [1.82, 2.24) is 0 Å². The Morgan fingerprint density at radius 1 is 0.581 bits per heavy atom. The Kier molecular flexibility index (Phi) is 22.8. The van der Waals surface area contributed by atoms with Crippen molar-refractivity contribution in [1.29, 1.82) is 0 Å². The van der Waals surface area contributed by atoms with Crippen LogP contribution in [-0.2, 0) is 9.47 Å². The molecule has 6 rings (SSSR count). The van der Waals surface area contributed by atoms with Gasteiger partial charge in [0.25, 0.3) is 0 Å². The SMILES string of the molecule is CC.CCCC[C@@]1(CC)CSc2ccc(OCCOCCOCCOc3ccc4c(c3)[C@H](c3ccccc3)[C@H](O)[C@](CC)(CCCC)CS4)cc2[C@@H](C)[C@H]1O.Cc1ccccc1. The van der Waals surface area contributed by atoms with Crippen LogP contribution in [0.25, 0.3) is 0 Å². The zero-order valence-corrected chi connectivity index (χ0v) is 40.8. The molecule has 0 unspecified atom stereocenters. The highest BCUT2D eigenvalue weighted by molar-refractivity contribution is 7.99. The highest BCUT2D eigenvalue weighted by atomic mass is 32.2. The number of fused-ring (bicyclic) bond motifs is 2. The van der Waals surface area contributed by atoms with Crippen molar-refractivity contribution in [2.45, 2.75) is 141 Å². The van der Waals surface area contributed by atoms with Crippen molar-refractivity contribution in [3.8, 4) is 11.5 Å². The molecule has 0 saturated heterocycles. The summed E-state index contributed by atoms with van der Waals surface area (Å²) in [6, 6.07) is 33.4. The zero-order chi connectivity index (χ0) is 44.8. The smallest absolute Gasteiger partial charge is 0.119 e. The fraction of sp³-hybridized carbons (Fsp3) is 0.556. The maximum atomic E-state index is 12.1. The third-order valence-electron chi connectivity index (χ3n) is 12.8. The molecule has 0 spiro atoms. The Morgan fingerprint density at radius 2 is 1.03 bits per heavy atom. The molecule has 0 amide bonds. The van der Waals surface area contributed by atoms with Gasteiger partial charge in [-0.25, -0.2) is 0 Å². The van der Waals surface area contributed by atoms with Gasteiger partial charge in [0.1, 0.15) is 24.7 Å². The molecular formula is C54H78O6S2. The van der Waals surface area contributed by atoms with E-state index in [0.29, 0.717) is 39.6 Å². The van der Waals surface area contributed by atoms with Crippen LogP contribution in [0.4, 0.5) is 0 Å². The lowest BCUT2D eigenvalue weighted by Gasteiger charge is -2.39. The van der Waals surface area contributed by atoms with Crippen molar-refractivity contribution in [2.24, 2.45) is 10.8 Å². The second-order valence-electron chi connectivity index (χ2n) is 16.8. The van der Waals surface area contributed by atoms with Crippen LogP contribution in [0.1, 0.15) is 134 Å². The van der Waals surface area contributed by atoms with Crippen molar-refractivity contribution >= 4 is 23.5 Å². The van der Waals surface area contributed by atoms with Crippen LogP contribution in [-0.4, -0.2) is 73.6 Å². The normalized spacial score (nSPS) is 22.9. The molecule has 4 aromatic rings. The number of aliphatic hydroxyl groups is 2. The van der Waals surface area contributed by atoms with Crippen molar-refractivity contribution < 1.29 is 29.2 Å². The molecular weight excluding hydrogens is 809 g/mol. The van der Waals surface area contributed by atoms with E-state index < -0.39 is 6.10 Å². The number of aryl methyl sites for hydroxylation is 1. The third-order valence-corrected chi connectivity index (χ3v) is 15.6. The molecule has 342 valence electrons. The second kappa shape index (κ2) is 27.4. The van der Waals surface area contributed by atoms with Crippen molar-refractivity contribution in [3.05, 3.63) is 119 Å². The van der Waals surface area contributed by atoms with Gasteiger partial charge in [-0.1, -0.05) is 140 Å². The number of thioether (sulfide) groups is 2. The molecule has 62 heavy (non-hydrogen) atoms. The standard InChI is InChI=1S/C45H64O6S2.C7H8.C2H6/c1-6-10-21-44(8-3)31-52-39-19-17-35(29-37(39)33(5)42(44)46)50-27-25-48-23-24-49-26-28-51-36-18-20-40-38(30-36)41(34-15-13-12-14-16-34)43(47)45(9-4,32-53-40)22-11-7-2;1-7-5-3-2-4-6-7;1-2/h12-20,29-30,33,41-43,46-47H,6-11,21-28,31-32H2,1-5H3;2-6H,1H3;1-2H3/t33-,41+,42-,43+,44+,45-;;/m1../s1. The molecule has 0 saturated carbocycles. The fourth-order valence-electron chi connectivity index (χ4n) is 8.72. The Balaban J connectivity index is 0.000000842. The molecule has 0 bridgehead atoms. The van der Waals surface area contributed by atoms with Gasteiger partial charge >= 0.3 is 0 Å². The Labute approximate surface area is 384 Å². The summed E-state index contributed by atoms with van der Waals surface area (Å²) < 4.78 is 23.9. The van der Waals surface area contributed by atoms with Crippen LogP contribution in [0.3, 0.4) is 0 Å². The largest absolute Gasteiger partial charge is 0.491 e. The summed E-state index contributed by atoms with van der Waals surface area (Å²) in [6.07, 6.45) is 7.75. The highest BCUT2D eigenvalue weighted by Crippen LogP contribution is 2.52. The van der Waals surface area contributed by atoms with Gasteiger partial charge in [-0.05, 0) is 85.7 Å². The second-order valence-corrected chi connectivity index (χ2v) is 18.8. The molecule has 6 atom stereocenters. The highest BCUT2D eigenvalue weighted by Gasteiger charge is 2.45. The Bertz CT molecular complexity index is 1820. The molecule has 0 aliphatic carbocycles.